The zero-order chi connectivity index (χ0) is 19.3. The van der Waals surface area contributed by atoms with Gasteiger partial charge in [0.2, 0.25) is 5.58 Å². The van der Waals surface area contributed by atoms with Gasteiger partial charge in [-0.3, -0.25) is 4.79 Å². The number of furan rings is 1. The summed E-state index contributed by atoms with van der Waals surface area (Å²) in [5.41, 5.74) is 2.37. The van der Waals surface area contributed by atoms with Crippen LogP contribution in [0.4, 0.5) is 0 Å². The van der Waals surface area contributed by atoms with Crippen LogP contribution in [-0.2, 0) is 6.54 Å². The highest BCUT2D eigenvalue weighted by Gasteiger charge is 2.22. The zero-order valence-corrected chi connectivity index (χ0v) is 16.3. The highest BCUT2D eigenvalue weighted by atomic mass is 32.1. The van der Waals surface area contributed by atoms with Crippen LogP contribution >= 0.6 is 11.3 Å². The number of nitrogens with one attached hydrogen (secondary N) is 2. The van der Waals surface area contributed by atoms with Gasteiger partial charge < -0.3 is 14.3 Å². The number of hydrogen-bond donors (Lipinski definition) is 2. The van der Waals surface area contributed by atoms with Gasteiger partial charge in [0.25, 0.3) is 5.56 Å². The van der Waals surface area contributed by atoms with Crippen LogP contribution in [0, 0.1) is 0 Å². The predicted molar refractivity (Wildman–Crippen MR) is 111 cm³/mol. The van der Waals surface area contributed by atoms with Gasteiger partial charge in [0.1, 0.15) is 23.7 Å². The molecule has 3 aromatic heterocycles. The van der Waals surface area contributed by atoms with Gasteiger partial charge >= 0.3 is 0 Å². The molecule has 0 fully saturated rings. The molecule has 1 unspecified atom stereocenters. The number of rotatable bonds is 4. The summed E-state index contributed by atoms with van der Waals surface area (Å²) in [6, 6.07) is 15.9. The molecular formula is C21H19N4O2S+. The summed E-state index contributed by atoms with van der Waals surface area (Å²) < 4.78 is 6.86. The van der Waals surface area contributed by atoms with E-state index in [2.05, 4.69) is 25.0 Å². The first-order chi connectivity index (χ1) is 13.6. The fourth-order valence-corrected chi connectivity index (χ4v) is 4.55. The first-order valence-electron chi connectivity index (χ1n) is 9.18. The van der Waals surface area contributed by atoms with Crippen molar-refractivity contribution in [1.82, 2.24) is 15.0 Å². The lowest BCUT2D eigenvalue weighted by molar-refractivity contribution is -0.924. The maximum atomic E-state index is 12.5. The maximum absolute atomic E-state index is 12.5. The van der Waals surface area contributed by atoms with E-state index in [9.17, 15) is 4.79 Å². The number of aromatic nitrogens is 3. The Hall–Kier alpha value is -3.03. The molecule has 0 aliphatic carbocycles. The second-order valence-corrected chi connectivity index (χ2v) is 8.12. The number of aromatic amines is 1. The van der Waals surface area contributed by atoms with E-state index in [0.29, 0.717) is 23.5 Å². The van der Waals surface area contributed by atoms with Crippen molar-refractivity contribution in [3.8, 4) is 0 Å². The number of fused-ring (bicyclic) bond motifs is 4. The highest BCUT2D eigenvalue weighted by molar-refractivity contribution is 7.18. The minimum Gasteiger partial charge on any atom is -0.449 e. The van der Waals surface area contributed by atoms with Gasteiger partial charge in [-0.2, -0.15) is 0 Å². The van der Waals surface area contributed by atoms with E-state index in [-0.39, 0.29) is 17.2 Å². The van der Waals surface area contributed by atoms with Gasteiger partial charge in [0.15, 0.2) is 10.8 Å². The molecule has 0 saturated heterocycles. The fraction of sp³-hybridized carbons (Fsp3) is 0.190. The van der Waals surface area contributed by atoms with E-state index < -0.39 is 0 Å². The summed E-state index contributed by atoms with van der Waals surface area (Å²) in [5.74, 6) is 0.648. The molecule has 2 N–H and O–H groups in total. The van der Waals surface area contributed by atoms with Crippen molar-refractivity contribution in [1.29, 1.82) is 0 Å². The lowest BCUT2D eigenvalue weighted by Gasteiger charge is -2.19. The third-order valence-corrected chi connectivity index (χ3v) is 6.37. The summed E-state index contributed by atoms with van der Waals surface area (Å²) in [4.78, 5) is 26.0. The molecule has 5 rings (SSSR count). The number of quaternary nitrogens is 1. The molecule has 28 heavy (non-hydrogen) atoms. The van der Waals surface area contributed by atoms with Crippen molar-refractivity contribution >= 4 is 43.6 Å². The van der Waals surface area contributed by atoms with Crippen molar-refractivity contribution in [3.05, 3.63) is 69.7 Å². The van der Waals surface area contributed by atoms with Gasteiger partial charge in [-0.1, -0.05) is 24.3 Å². The largest absolute Gasteiger partial charge is 0.449 e. The Morgan fingerprint density at radius 1 is 1.14 bits per heavy atom. The molecule has 0 amide bonds. The quantitative estimate of drug-likeness (QED) is 0.494. The van der Waals surface area contributed by atoms with Gasteiger partial charge in [0.05, 0.1) is 17.3 Å². The Morgan fingerprint density at radius 2 is 1.93 bits per heavy atom. The lowest BCUT2D eigenvalue weighted by Crippen LogP contribution is -3.07. The average molecular weight is 391 g/mol. The standard InChI is InChI=1S/C21H18N4O2S/c1-12(21-22-14-8-4-6-10-16(14)28-21)25(2)11-17-23-18-13-7-3-5-9-15(13)27-19(18)20(26)24-17/h3-10,12H,11H2,1-2H3,(H,23,24,26)/p+1/t12-/m0/s1. The average Bonchev–Trinajstić information content (AvgIpc) is 3.29. The van der Waals surface area contributed by atoms with Crippen molar-refractivity contribution in [2.75, 3.05) is 7.05 Å². The summed E-state index contributed by atoms with van der Waals surface area (Å²) in [6.07, 6.45) is 0. The maximum Gasteiger partial charge on any atom is 0.294 e. The third kappa shape index (κ3) is 2.80. The first-order valence-corrected chi connectivity index (χ1v) is 10.00. The minimum atomic E-state index is -0.239. The molecule has 140 valence electrons. The summed E-state index contributed by atoms with van der Waals surface area (Å²) in [7, 11) is 2.09. The summed E-state index contributed by atoms with van der Waals surface area (Å²) >= 11 is 1.71. The van der Waals surface area contributed by atoms with Crippen LogP contribution in [0.2, 0.25) is 0 Å². The number of hydrogen-bond acceptors (Lipinski definition) is 5. The molecule has 0 aliphatic heterocycles. The topological polar surface area (TPSA) is 76.2 Å². The van der Waals surface area contributed by atoms with E-state index in [0.717, 1.165) is 15.9 Å². The second kappa shape index (κ2) is 6.54. The first kappa shape index (κ1) is 17.1. The molecule has 0 radical (unpaired) electrons. The van der Waals surface area contributed by atoms with E-state index in [4.69, 9.17) is 14.4 Å². The lowest BCUT2D eigenvalue weighted by atomic mass is 10.2. The summed E-state index contributed by atoms with van der Waals surface area (Å²) in [5, 5.41) is 1.94. The molecule has 2 aromatic carbocycles. The summed E-state index contributed by atoms with van der Waals surface area (Å²) in [6.45, 7) is 2.73. The van der Waals surface area contributed by atoms with Crippen molar-refractivity contribution in [2.24, 2.45) is 0 Å². The van der Waals surface area contributed by atoms with Crippen LogP contribution < -0.4 is 10.5 Å². The highest BCUT2D eigenvalue weighted by Crippen LogP contribution is 2.26. The van der Waals surface area contributed by atoms with Crippen LogP contribution in [0.3, 0.4) is 0 Å². The smallest absolute Gasteiger partial charge is 0.294 e. The Bertz CT molecular complexity index is 1330. The number of nitrogens with zero attached hydrogens (tertiary/aromatic N) is 2. The molecular weight excluding hydrogens is 372 g/mol. The van der Waals surface area contributed by atoms with Crippen LogP contribution in [0.15, 0.2) is 57.7 Å². The van der Waals surface area contributed by atoms with E-state index in [1.54, 1.807) is 11.3 Å². The molecule has 0 saturated carbocycles. The number of para-hydroxylation sites is 2. The van der Waals surface area contributed by atoms with E-state index >= 15 is 0 Å². The Morgan fingerprint density at radius 3 is 2.79 bits per heavy atom. The molecule has 0 bridgehead atoms. The van der Waals surface area contributed by atoms with E-state index in [1.165, 1.54) is 9.60 Å². The Kier molecular flexibility index (Phi) is 3.99. The molecule has 7 heteroatoms. The monoisotopic (exact) mass is 391 g/mol. The molecule has 3 heterocycles. The zero-order valence-electron chi connectivity index (χ0n) is 15.5. The van der Waals surface area contributed by atoms with Crippen LogP contribution in [0.1, 0.15) is 23.8 Å². The van der Waals surface area contributed by atoms with Gasteiger partial charge in [-0.25, -0.2) is 9.97 Å². The van der Waals surface area contributed by atoms with Crippen molar-refractivity contribution in [2.45, 2.75) is 19.5 Å². The van der Waals surface area contributed by atoms with Crippen LogP contribution in [-0.4, -0.2) is 22.0 Å². The van der Waals surface area contributed by atoms with Crippen LogP contribution in [0.25, 0.3) is 32.3 Å². The molecule has 5 aromatic rings. The van der Waals surface area contributed by atoms with Gasteiger partial charge in [0, 0.05) is 5.39 Å². The van der Waals surface area contributed by atoms with E-state index in [1.807, 2.05) is 42.5 Å². The normalized spacial score (nSPS) is 14.1. The van der Waals surface area contributed by atoms with Crippen molar-refractivity contribution < 1.29 is 9.32 Å². The second-order valence-electron chi connectivity index (χ2n) is 7.05. The SMILES string of the molecule is C[C@@H](c1nc2ccccc2s1)[NH+](C)Cc1nc2c(oc3ccccc32)c(=O)[nH]1. The molecule has 2 atom stereocenters. The molecule has 6 nitrogen and oxygen atoms in total. The predicted octanol–water partition coefficient (Wildman–Crippen LogP) is 3.05. The Balaban J connectivity index is 1.48. The Labute approximate surface area is 164 Å². The number of thiazole rings is 1. The number of H-pyrrole nitrogens is 1. The minimum absolute atomic E-state index is 0.180. The third-order valence-electron chi connectivity index (χ3n) is 5.15. The van der Waals surface area contributed by atoms with Gasteiger partial charge in [-0.05, 0) is 31.2 Å². The fourth-order valence-electron chi connectivity index (χ4n) is 3.43. The number of benzene rings is 2. The van der Waals surface area contributed by atoms with Crippen LogP contribution in [0.5, 0.6) is 0 Å². The molecule has 0 aliphatic rings. The molecule has 0 spiro atoms. The van der Waals surface area contributed by atoms with Crippen molar-refractivity contribution in [3.63, 3.8) is 0 Å². The van der Waals surface area contributed by atoms with Gasteiger partial charge in [-0.15, -0.1) is 11.3 Å².